The highest BCUT2D eigenvalue weighted by molar-refractivity contribution is 5.97. The molecule has 25 heavy (non-hydrogen) atoms. The molecule has 7 nitrogen and oxygen atoms in total. The first-order valence-corrected chi connectivity index (χ1v) is 7.61. The minimum atomic E-state index is -1.05. The number of nitrogens with one attached hydrogen (secondary N) is 1. The van der Waals surface area contributed by atoms with Crippen molar-refractivity contribution in [1.29, 1.82) is 0 Å². The number of nitro benzene ring substituents is 1. The number of esters is 1. The van der Waals surface area contributed by atoms with Gasteiger partial charge in [-0.1, -0.05) is 23.3 Å². The maximum atomic E-state index is 12.2. The van der Waals surface area contributed by atoms with Gasteiger partial charge in [0.25, 0.3) is 11.6 Å². The molecule has 7 heteroatoms. The van der Waals surface area contributed by atoms with E-state index in [2.05, 4.69) is 5.32 Å². The summed E-state index contributed by atoms with van der Waals surface area (Å²) in [5, 5.41) is 13.2. The van der Waals surface area contributed by atoms with E-state index in [0.29, 0.717) is 5.56 Å². The van der Waals surface area contributed by atoms with Crippen LogP contribution in [0.4, 0.5) is 11.4 Å². The molecule has 130 valence electrons. The maximum Gasteiger partial charge on any atom is 0.338 e. The summed E-state index contributed by atoms with van der Waals surface area (Å²) in [5.74, 6) is -1.17. The van der Waals surface area contributed by atoms with Gasteiger partial charge < -0.3 is 10.1 Å². The van der Waals surface area contributed by atoms with Crippen molar-refractivity contribution >= 4 is 23.3 Å². The molecule has 0 bridgehead atoms. The molecule has 0 aliphatic carbocycles. The highest BCUT2D eigenvalue weighted by Crippen LogP contribution is 2.18. The lowest BCUT2D eigenvalue weighted by Crippen LogP contribution is -2.30. The molecule has 0 unspecified atom stereocenters. The number of carbonyl (C=O) groups is 2. The average Bonchev–Trinajstić information content (AvgIpc) is 2.54. The summed E-state index contributed by atoms with van der Waals surface area (Å²) in [5.41, 5.74) is 2.32. The first-order chi connectivity index (χ1) is 11.8. The molecule has 2 aromatic rings. The Morgan fingerprint density at radius 1 is 1.12 bits per heavy atom. The molecule has 1 atom stereocenters. The van der Waals surface area contributed by atoms with Gasteiger partial charge in [-0.3, -0.25) is 14.9 Å². The topological polar surface area (TPSA) is 98.5 Å². The van der Waals surface area contributed by atoms with Crippen molar-refractivity contribution in [2.75, 3.05) is 5.32 Å². The minimum absolute atomic E-state index is 0.141. The van der Waals surface area contributed by atoms with Crippen LogP contribution in [-0.4, -0.2) is 22.9 Å². The van der Waals surface area contributed by atoms with E-state index in [9.17, 15) is 19.7 Å². The second-order valence-electron chi connectivity index (χ2n) is 5.72. The molecular formula is C18H18N2O5. The lowest BCUT2D eigenvalue weighted by atomic mass is 10.1. The normalized spacial score (nSPS) is 11.5. The molecule has 0 spiro atoms. The zero-order valence-electron chi connectivity index (χ0n) is 14.1. The molecule has 0 fully saturated rings. The van der Waals surface area contributed by atoms with Gasteiger partial charge >= 0.3 is 5.97 Å². The number of anilines is 1. The van der Waals surface area contributed by atoms with Crippen molar-refractivity contribution < 1.29 is 19.2 Å². The molecule has 2 aromatic carbocycles. The number of non-ortho nitro benzene ring substituents is 1. The van der Waals surface area contributed by atoms with Crippen molar-refractivity contribution in [3.63, 3.8) is 0 Å². The third-order valence-corrected chi connectivity index (χ3v) is 3.43. The zero-order valence-corrected chi connectivity index (χ0v) is 14.1. The fraction of sp³-hybridized carbons (Fsp3) is 0.222. The fourth-order valence-corrected chi connectivity index (χ4v) is 2.32. The predicted molar refractivity (Wildman–Crippen MR) is 92.5 cm³/mol. The Morgan fingerprint density at radius 3 is 2.36 bits per heavy atom. The smallest absolute Gasteiger partial charge is 0.338 e. The van der Waals surface area contributed by atoms with Gasteiger partial charge in [-0.25, -0.2) is 4.79 Å². The number of ether oxygens (including phenoxy) is 1. The van der Waals surface area contributed by atoms with Gasteiger partial charge in [0.05, 0.1) is 10.5 Å². The maximum absolute atomic E-state index is 12.2. The van der Waals surface area contributed by atoms with Crippen LogP contribution in [0, 0.1) is 24.0 Å². The molecule has 0 saturated carbocycles. The highest BCUT2D eigenvalue weighted by Gasteiger charge is 2.20. The molecule has 1 N–H and O–H groups in total. The number of nitro groups is 1. The van der Waals surface area contributed by atoms with Gasteiger partial charge in [-0.15, -0.1) is 0 Å². The molecule has 0 aliphatic heterocycles. The molecule has 0 heterocycles. The van der Waals surface area contributed by atoms with E-state index in [1.807, 2.05) is 19.9 Å². The molecule has 0 saturated heterocycles. The first kappa shape index (κ1) is 18.1. The Hall–Kier alpha value is -3.22. The lowest BCUT2D eigenvalue weighted by molar-refractivity contribution is -0.384. The fourth-order valence-electron chi connectivity index (χ4n) is 2.32. The summed E-state index contributed by atoms with van der Waals surface area (Å²) in [4.78, 5) is 34.5. The van der Waals surface area contributed by atoms with E-state index < -0.39 is 22.9 Å². The van der Waals surface area contributed by atoms with E-state index in [1.165, 1.54) is 31.2 Å². The van der Waals surface area contributed by atoms with Crippen molar-refractivity contribution in [1.82, 2.24) is 0 Å². The number of hydrogen-bond donors (Lipinski definition) is 1. The van der Waals surface area contributed by atoms with Crippen LogP contribution in [0.25, 0.3) is 0 Å². The molecule has 0 aliphatic rings. The van der Waals surface area contributed by atoms with E-state index in [-0.39, 0.29) is 11.4 Å². The van der Waals surface area contributed by atoms with Crippen LogP contribution in [0.3, 0.4) is 0 Å². The lowest BCUT2D eigenvalue weighted by Gasteiger charge is -2.14. The number of benzene rings is 2. The molecular weight excluding hydrogens is 324 g/mol. The van der Waals surface area contributed by atoms with Crippen LogP contribution < -0.4 is 5.32 Å². The van der Waals surface area contributed by atoms with E-state index >= 15 is 0 Å². The number of rotatable bonds is 5. The number of hydrogen-bond acceptors (Lipinski definition) is 5. The van der Waals surface area contributed by atoms with Crippen molar-refractivity contribution in [3.8, 4) is 0 Å². The second-order valence-corrected chi connectivity index (χ2v) is 5.72. The largest absolute Gasteiger partial charge is 0.449 e. The van der Waals surface area contributed by atoms with Gasteiger partial charge in [0, 0.05) is 17.8 Å². The van der Waals surface area contributed by atoms with Gasteiger partial charge in [0.1, 0.15) is 0 Å². The summed E-state index contributed by atoms with van der Waals surface area (Å²) >= 11 is 0. The number of carbonyl (C=O) groups excluding carboxylic acids is 2. The predicted octanol–water partition coefficient (Wildman–Crippen LogP) is 3.40. The highest BCUT2D eigenvalue weighted by atomic mass is 16.6. The van der Waals surface area contributed by atoms with E-state index in [0.717, 1.165) is 11.1 Å². The van der Waals surface area contributed by atoms with E-state index in [4.69, 9.17) is 4.74 Å². The first-order valence-electron chi connectivity index (χ1n) is 7.61. The minimum Gasteiger partial charge on any atom is -0.449 e. The second kappa shape index (κ2) is 7.57. The van der Waals surface area contributed by atoms with Crippen molar-refractivity contribution in [2.45, 2.75) is 26.9 Å². The van der Waals surface area contributed by atoms with Crippen molar-refractivity contribution in [3.05, 3.63) is 69.3 Å². The van der Waals surface area contributed by atoms with Gasteiger partial charge in [0.2, 0.25) is 0 Å². The van der Waals surface area contributed by atoms with Gasteiger partial charge in [-0.05, 0) is 39.0 Å². The van der Waals surface area contributed by atoms with Crippen LogP contribution in [-0.2, 0) is 9.53 Å². The Balaban J connectivity index is 2.03. The van der Waals surface area contributed by atoms with Crippen molar-refractivity contribution in [2.24, 2.45) is 0 Å². The summed E-state index contributed by atoms with van der Waals surface area (Å²) in [6.45, 7) is 5.16. The third-order valence-electron chi connectivity index (χ3n) is 3.43. The summed E-state index contributed by atoms with van der Waals surface area (Å²) in [7, 11) is 0. The Morgan fingerprint density at radius 2 is 1.76 bits per heavy atom. The zero-order chi connectivity index (χ0) is 18.6. The number of nitrogens with zero attached hydrogens (tertiary/aromatic N) is 1. The Labute approximate surface area is 144 Å². The quantitative estimate of drug-likeness (QED) is 0.510. The van der Waals surface area contributed by atoms with E-state index in [1.54, 1.807) is 12.1 Å². The molecule has 0 aromatic heterocycles. The van der Waals surface area contributed by atoms with Crippen LogP contribution in [0.1, 0.15) is 28.4 Å². The molecule has 2 rings (SSSR count). The summed E-state index contributed by atoms with van der Waals surface area (Å²) < 4.78 is 5.17. The van der Waals surface area contributed by atoms with Crippen LogP contribution in [0.5, 0.6) is 0 Å². The summed E-state index contributed by atoms with van der Waals surface area (Å²) in [6, 6.07) is 10.8. The van der Waals surface area contributed by atoms with Gasteiger partial charge in [0.15, 0.2) is 6.10 Å². The molecule has 0 radical (unpaired) electrons. The third kappa shape index (κ3) is 4.87. The van der Waals surface area contributed by atoms with Gasteiger partial charge in [-0.2, -0.15) is 0 Å². The van der Waals surface area contributed by atoms with Crippen LogP contribution >= 0.6 is 0 Å². The van der Waals surface area contributed by atoms with Crippen LogP contribution in [0.15, 0.2) is 42.5 Å². The monoisotopic (exact) mass is 342 g/mol. The Bertz CT molecular complexity index is 812. The summed E-state index contributed by atoms with van der Waals surface area (Å²) in [6.07, 6.45) is -1.05. The standard InChI is InChI=1S/C18H18N2O5/c1-11-7-12(2)9-14(8-11)18(22)25-13(3)17(21)19-15-5-4-6-16(10-15)20(23)24/h4-10,13H,1-3H3,(H,19,21)/t13-/m1/s1. The average molecular weight is 342 g/mol. The Kier molecular flexibility index (Phi) is 5.49. The number of amides is 1. The van der Waals surface area contributed by atoms with Crippen LogP contribution in [0.2, 0.25) is 0 Å². The number of aryl methyl sites for hydroxylation is 2. The molecule has 1 amide bonds. The SMILES string of the molecule is Cc1cc(C)cc(C(=O)O[C@H](C)C(=O)Nc2cccc([N+](=O)[O-])c2)c1.